The van der Waals surface area contributed by atoms with Crippen molar-refractivity contribution in [2.75, 3.05) is 37.4 Å². The SMILES string of the molecule is COC(=O)c1cc(N)cnc1N1CCN2C(=O)CCC2C1. The van der Waals surface area contributed by atoms with Gasteiger partial charge in [-0.15, -0.1) is 0 Å². The molecule has 2 N–H and O–H groups in total. The van der Waals surface area contributed by atoms with E-state index in [0.717, 1.165) is 6.42 Å². The molecule has 2 aliphatic heterocycles. The second kappa shape index (κ2) is 5.23. The molecule has 0 saturated carbocycles. The molecule has 1 atom stereocenters. The van der Waals surface area contributed by atoms with Crippen LogP contribution < -0.4 is 10.6 Å². The van der Waals surface area contributed by atoms with E-state index in [9.17, 15) is 9.59 Å². The highest BCUT2D eigenvalue weighted by atomic mass is 16.5. The summed E-state index contributed by atoms with van der Waals surface area (Å²) in [7, 11) is 1.34. The Kier molecular flexibility index (Phi) is 3.40. The van der Waals surface area contributed by atoms with E-state index in [4.69, 9.17) is 10.5 Å². The number of aromatic nitrogens is 1. The molecule has 3 heterocycles. The number of nitrogens with two attached hydrogens (primary N) is 1. The number of esters is 1. The van der Waals surface area contributed by atoms with Crippen LogP contribution in [0.5, 0.6) is 0 Å². The second-order valence-electron chi connectivity index (χ2n) is 5.36. The first-order valence-corrected chi connectivity index (χ1v) is 6.98. The first-order valence-electron chi connectivity index (χ1n) is 6.98. The van der Waals surface area contributed by atoms with Gasteiger partial charge >= 0.3 is 5.97 Å². The molecule has 0 bridgehead atoms. The molecular formula is C14H18N4O3. The Morgan fingerprint density at radius 2 is 2.29 bits per heavy atom. The van der Waals surface area contributed by atoms with E-state index >= 15 is 0 Å². The summed E-state index contributed by atoms with van der Waals surface area (Å²) in [4.78, 5) is 31.9. The van der Waals surface area contributed by atoms with Gasteiger partial charge in [-0.05, 0) is 12.5 Å². The maximum Gasteiger partial charge on any atom is 0.341 e. The van der Waals surface area contributed by atoms with Crippen LogP contribution in [0.3, 0.4) is 0 Å². The first-order chi connectivity index (χ1) is 10.1. The van der Waals surface area contributed by atoms with Crippen LogP contribution in [0.15, 0.2) is 12.3 Å². The summed E-state index contributed by atoms with van der Waals surface area (Å²) in [6, 6.07) is 1.79. The first kappa shape index (κ1) is 13.7. The number of piperazine rings is 1. The number of methoxy groups -OCH3 is 1. The van der Waals surface area contributed by atoms with E-state index in [1.807, 2.05) is 9.80 Å². The molecule has 3 rings (SSSR count). The van der Waals surface area contributed by atoms with Gasteiger partial charge in [0, 0.05) is 32.1 Å². The number of pyridine rings is 1. The summed E-state index contributed by atoms with van der Waals surface area (Å²) < 4.78 is 4.80. The van der Waals surface area contributed by atoms with Crippen LogP contribution in [-0.2, 0) is 9.53 Å². The maximum atomic E-state index is 11.9. The molecule has 0 aliphatic carbocycles. The lowest BCUT2D eigenvalue weighted by molar-refractivity contribution is -0.129. The third kappa shape index (κ3) is 2.39. The Labute approximate surface area is 122 Å². The van der Waals surface area contributed by atoms with E-state index in [2.05, 4.69) is 4.98 Å². The summed E-state index contributed by atoms with van der Waals surface area (Å²) >= 11 is 0. The minimum absolute atomic E-state index is 0.205. The zero-order chi connectivity index (χ0) is 15.0. The van der Waals surface area contributed by atoms with Crippen LogP contribution in [0.2, 0.25) is 0 Å². The molecule has 1 unspecified atom stereocenters. The van der Waals surface area contributed by atoms with Crippen LogP contribution in [0, 0.1) is 0 Å². The summed E-state index contributed by atoms with van der Waals surface area (Å²) in [6.45, 7) is 2.01. The van der Waals surface area contributed by atoms with Gasteiger partial charge in [0.1, 0.15) is 11.4 Å². The van der Waals surface area contributed by atoms with Gasteiger partial charge < -0.3 is 20.3 Å². The highest BCUT2D eigenvalue weighted by Crippen LogP contribution is 2.28. The van der Waals surface area contributed by atoms with Gasteiger partial charge in [0.25, 0.3) is 0 Å². The number of amides is 1. The summed E-state index contributed by atoms with van der Waals surface area (Å²) in [5, 5.41) is 0. The normalized spacial score (nSPS) is 21.4. The molecule has 7 heteroatoms. The fourth-order valence-electron chi connectivity index (χ4n) is 3.04. The second-order valence-corrected chi connectivity index (χ2v) is 5.36. The third-order valence-corrected chi connectivity index (χ3v) is 4.09. The fourth-order valence-corrected chi connectivity index (χ4v) is 3.04. The number of rotatable bonds is 2. The van der Waals surface area contributed by atoms with Crippen molar-refractivity contribution in [1.29, 1.82) is 0 Å². The molecule has 21 heavy (non-hydrogen) atoms. The van der Waals surface area contributed by atoms with Gasteiger partial charge in [0.2, 0.25) is 5.91 Å². The minimum Gasteiger partial charge on any atom is -0.465 e. The van der Waals surface area contributed by atoms with Gasteiger partial charge in [0.15, 0.2) is 0 Å². The van der Waals surface area contributed by atoms with Crippen molar-refractivity contribution in [1.82, 2.24) is 9.88 Å². The van der Waals surface area contributed by atoms with Crippen LogP contribution in [-0.4, -0.2) is 54.5 Å². The molecule has 0 aromatic carbocycles. The number of carbonyl (C=O) groups excluding carboxylic acids is 2. The predicted octanol–water partition coefficient (Wildman–Crippen LogP) is 0.261. The highest BCUT2D eigenvalue weighted by Gasteiger charge is 2.36. The molecule has 2 fully saturated rings. The monoisotopic (exact) mass is 290 g/mol. The number of hydrogen-bond donors (Lipinski definition) is 1. The largest absolute Gasteiger partial charge is 0.465 e. The molecule has 7 nitrogen and oxygen atoms in total. The number of ether oxygens (including phenoxy) is 1. The van der Waals surface area contributed by atoms with Gasteiger partial charge in [-0.3, -0.25) is 4.79 Å². The fraction of sp³-hybridized carbons (Fsp3) is 0.500. The lowest BCUT2D eigenvalue weighted by Gasteiger charge is -2.38. The number of carbonyl (C=O) groups is 2. The topological polar surface area (TPSA) is 88.8 Å². The Morgan fingerprint density at radius 1 is 1.48 bits per heavy atom. The Bertz CT molecular complexity index is 590. The van der Waals surface area contributed by atoms with E-state index in [1.54, 1.807) is 6.07 Å². The highest BCUT2D eigenvalue weighted by molar-refractivity contribution is 5.95. The quantitative estimate of drug-likeness (QED) is 0.786. The van der Waals surface area contributed by atoms with Crippen molar-refractivity contribution in [2.24, 2.45) is 0 Å². The predicted molar refractivity (Wildman–Crippen MR) is 76.9 cm³/mol. The average molecular weight is 290 g/mol. The van der Waals surface area contributed by atoms with E-state index in [1.165, 1.54) is 13.3 Å². The van der Waals surface area contributed by atoms with Crippen molar-refractivity contribution in [3.8, 4) is 0 Å². The molecule has 0 radical (unpaired) electrons. The zero-order valence-corrected chi connectivity index (χ0v) is 11.9. The van der Waals surface area contributed by atoms with Crippen molar-refractivity contribution >= 4 is 23.4 Å². The summed E-state index contributed by atoms with van der Waals surface area (Å²) in [5.41, 5.74) is 6.51. The van der Waals surface area contributed by atoms with Gasteiger partial charge in [-0.2, -0.15) is 0 Å². The van der Waals surface area contributed by atoms with Crippen molar-refractivity contribution in [3.63, 3.8) is 0 Å². The number of nitrogens with zero attached hydrogens (tertiary/aromatic N) is 3. The minimum atomic E-state index is -0.449. The summed E-state index contributed by atoms with van der Waals surface area (Å²) in [6.07, 6.45) is 3.00. The molecule has 1 aromatic rings. The van der Waals surface area contributed by atoms with E-state index in [0.29, 0.717) is 43.1 Å². The molecule has 1 aromatic heterocycles. The Morgan fingerprint density at radius 3 is 3.05 bits per heavy atom. The van der Waals surface area contributed by atoms with Crippen LogP contribution in [0.4, 0.5) is 11.5 Å². The molecule has 2 saturated heterocycles. The number of nitrogen functional groups attached to an aromatic ring is 1. The molecule has 112 valence electrons. The molecular weight excluding hydrogens is 272 g/mol. The van der Waals surface area contributed by atoms with Gasteiger partial charge in [-0.1, -0.05) is 0 Å². The third-order valence-electron chi connectivity index (χ3n) is 4.09. The average Bonchev–Trinajstić information content (AvgIpc) is 2.87. The summed E-state index contributed by atoms with van der Waals surface area (Å²) in [5.74, 6) is 0.350. The maximum absolute atomic E-state index is 11.9. The van der Waals surface area contributed by atoms with Gasteiger partial charge in [0.05, 0.1) is 19.0 Å². The van der Waals surface area contributed by atoms with Crippen molar-refractivity contribution in [2.45, 2.75) is 18.9 Å². The van der Waals surface area contributed by atoms with Crippen molar-refractivity contribution < 1.29 is 14.3 Å². The smallest absolute Gasteiger partial charge is 0.341 e. The number of fused-ring (bicyclic) bond motifs is 1. The Balaban J connectivity index is 1.87. The van der Waals surface area contributed by atoms with E-state index < -0.39 is 5.97 Å². The molecule has 1 amide bonds. The van der Waals surface area contributed by atoms with Crippen LogP contribution in [0.1, 0.15) is 23.2 Å². The standard InChI is InChI=1S/C14H18N4O3/c1-21-14(20)11-6-9(15)7-16-13(11)17-4-5-18-10(8-17)2-3-12(18)19/h6-7,10H,2-5,8,15H2,1H3. The molecule has 2 aliphatic rings. The van der Waals surface area contributed by atoms with Gasteiger partial charge in [-0.25, -0.2) is 9.78 Å². The zero-order valence-electron chi connectivity index (χ0n) is 11.9. The number of hydrogen-bond acceptors (Lipinski definition) is 6. The lowest BCUT2D eigenvalue weighted by Crippen LogP contribution is -2.52. The van der Waals surface area contributed by atoms with E-state index in [-0.39, 0.29) is 11.9 Å². The Hall–Kier alpha value is -2.31. The van der Waals surface area contributed by atoms with Crippen molar-refractivity contribution in [3.05, 3.63) is 17.8 Å². The molecule has 0 spiro atoms. The lowest BCUT2D eigenvalue weighted by atomic mass is 10.1. The van der Waals surface area contributed by atoms with Crippen LogP contribution >= 0.6 is 0 Å². The number of anilines is 2. The van der Waals surface area contributed by atoms with Crippen LogP contribution in [0.25, 0.3) is 0 Å².